The molecule has 2 rings (SSSR count). The van der Waals surface area contributed by atoms with Crippen molar-refractivity contribution in [1.29, 1.82) is 0 Å². The van der Waals surface area contributed by atoms with E-state index in [9.17, 15) is 14.7 Å². The number of thiophene rings is 1. The zero-order chi connectivity index (χ0) is 16.8. The van der Waals surface area contributed by atoms with Crippen molar-refractivity contribution >= 4 is 28.2 Å². The number of nitrogens with one attached hydrogen (secondary N) is 2. The minimum absolute atomic E-state index is 0.0564. The molecule has 122 valence electrons. The normalized spacial score (nSPS) is 11.9. The summed E-state index contributed by atoms with van der Waals surface area (Å²) in [4.78, 5) is 25.2. The molecule has 1 atom stereocenters. The Hall–Kier alpha value is -2.18. The van der Waals surface area contributed by atoms with Crippen LogP contribution in [0.15, 0.2) is 36.4 Å². The molecule has 0 aliphatic rings. The average Bonchev–Trinajstić information content (AvgIpc) is 2.91. The summed E-state index contributed by atoms with van der Waals surface area (Å²) in [6.45, 7) is 2.93. The molecule has 0 bridgehead atoms. The molecule has 0 radical (unpaired) electrons. The molecule has 2 aromatic rings. The summed E-state index contributed by atoms with van der Waals surface area (Å²) in [5.74, 6) is -1.47. The lowest BCUT2D eigenvalue weighted by atomic mass is 10.2. The molecule has 0 saturated heterocycles. The molecule has 1 heterocycles. The average molecular weight is 332 g/mol. The van der Waals surface area contributed by atoms with Crippen LogP contribution in [0.25, 0.3) is 0 Å². The van der Waals surface area contributed by atoms with Crippen LogP contribution in [0.3, 0.4) is 0 Å². The summed E-state index contributed by atoms with van der Waals surface area (Å²) in [6.07, 6.45) is 0.722. The van der Waals surface area contributed by atoms with Gasteiger partial charge in [-0.1, -0.05) is 37.3 Å². The number of hydrogen-bond donors (Lipinski definition) is 2. The van der Waals surface area contributed by atoms with Gasteiger partial charge in [0.2, 0.25) is 0 Å². The van der Waals surface area contributed by atoms with Crippen molar-refractivity contribution in [3.05, 3.63) is 52.4 Å². The number of quaternary nitrogens is 1. The van der Waals surface area contributed by atoms with Crippen molar-refractivity contribution in [3.63, 3.8) is 0 Å². The van der Waals surface area contributed by atoms with Gasteiger partial charge in [-0.05, 0) is 12.5 Å². The molecular weight excluding hydrogens is 312 g/mol. The number of aryl methyl sites for hydroxylation is 1. The second kappa shape index (κ2) is 7.89. The van der Waals surface area contributed by atoms with Gasteiger partial charge in [0.1, 0.15) is 11.5 Å². The third-order valence-corrected chi connectivity index (χ3v) is 4.61. The number of anilines is 1. The van der Waals surface area contributed by atoms with Gasteiger partial charge in [-0.2, -0.15) is 0 Å². The number of rotatable bonds is 7. The molecule has 0 fully saturated rings. The van der Waals surface area contributed by atoms with E-state index in [1.165, 1.54) is 11.3 Å². The molecule has 0 aliphatic heterocycles. The maximum absolute atomic E-state index is 12.1. The summed E-state index contributed by atoms with van der Waals surface area (Å²) < 4.78 is 0. The Morgan fingerprint density at radius 2 is 1.96 bits per heavy atom. The van der Waals surface area contributed by atoms with E-state index >= 15 is 0 Å². The SMILES string of the molecule is CCc1cc(C(=O)[O-])c(NC(=O)C[NH+](C)Cc2ccccc2)s1. The monoisotopic (exact) mass is 332 g/mol. The van der Waals surface area contributed by atoms with Crippen molar-refractivity contribution in [2.45, 2.75) is 19.9 Å². The molecular formula is C17H20N2O3S. The molecule has 1 aromatic heterocycles. The summed E-state index contributed by atoms with van der Waals surface area (Å²) in [6, 6.07) is 11.5. The fourth-order valence-electron chi connectivity index (χ4n) is 2.31. The number of carbonyl (C=O) groups is 2. The highest BCUT2D eigenvalue weighted by Crippen LogP contribution is 2.27. The van der Waals surface area contributed by atoms with Gasteiger partial charge in [0, 0.05) is 16.0 Å². The third kappa shape index (κ3) is 4.91. The van der Waals surface area contributed by atoms with E-state index in [0.29, 0.717) is 5.00 Å². The largest absolute Gasteiger partial charge is 0.545 e. The second-order valence-corrected chi connectivity index (χ2v) is 6.58. The summed E-state index contributed by atoms with van der Waals surface area (Å²) in [7, 11) is 1.93. The van der Waals surface area contributed by atoms with Crippen LogP contribution in [-0.4, -0.2) is 25.5 Å². The Bertz CT molecular complexity index is 682. The molecule has 1 aromatic carbocycles. The first-order valence-electron chi connectivity index (χ1n) is 7.48. The maximum atomic E-state index is 12.1. The van der Waals surface area contributed by atoms with Gasteiger partial charge in [-0.3, -0.25) is 4.79 Å². The van der Waals surface area contributed by atoms with Crippen molar-refractivity contribution in [1.82, 2.24) is 0 Å². The van der Waals surface area contributed by atoms with E-state index in [0.717, 1.165) is 28.3 Å². The molecule has 0 spiro atoms. The van der Waals surface area contributed by atoms with E-state index < -0.39 is 5.97 Å². The highest BCUT2D eigenvalue weighted by molar-refractivity contribution is 7.16. The van der Waals surface area contributed by atoms with E-state index in [2.05, 4.69) is 5.32 Å². The number of carboxylic acid groups (broad SMARTS) is 1. The predicted octanol–water partition coefficient (Wildman–Crippen LogP) is 0.327. The number of carboxylic acids is 1. The topological polar surface area (TPSA) is 73.7 Å². The Morgan fingerprint density at radius 1 is 1.26 bits per heavy atom. The van der Waals surface area contributed by atoms with Gasteiger partial charge in [-0.25, -0.2) is 0 Å². The predicted molar refractivity (Wildman–Crippen MR) is 88.6 cm³/mol. The van der Waals surface area contributed by atoms with E-state index in [1.807, 2.05) is 44.3 Å². The summed E-state index contributed by atoms with van der Waals surface area (Å²) in [5, 5.41) is 14.2. The van der Waals surface area contributed by atoms with Crippen LogP contribution in [0, 0.1) is 0 Å². The van der Waals surface area contributed by atoms with E-state index in [1.54, 1.807) is 6.07 Å². The Kier molecular flexibility index (Phi) is 5.90. The van der Waals surface area contributed by atoms with E-state index in [4.69, 9.17) is 0 Å². The maximum Gasteiger partial charge on any atom is 0.280 e. The van der Waals surface area contributed by atoms with Crippen molar-refractivity contribution in [2.24, 2.45) is 0 Å². The highest BCUT2D eigenvalue weighted by Gasteiger charge is 2.15. The van der Waals surface area contributed by atoms with Crippen molar-refractivity contribution in [2.75, 3.05) is 18.9 Å². The first-order valence-corrected chi connectivity index (χ1v) is 8.30. The zero-order valence-electron chi connectivity index (χ0n) is 13.2. The lowest BCUT2D eigenvalue weighted by Gasteiger charge is -2.14. The molecule has 6 heteroatoms. The van der Waals surface area contributed by atoms with Crippen molar-refractivity contribution < 1.29 is 19.6 Å². The van der Waals surface area contributed by atoms with Crippen molar-refractivity contribution in [3.8, 4) is 0 Å². The minimum Gasteiger partial charge on any atom is -0.545 e. The summed E-state index contributed by atoms with van der Waals surface area (Å²) >= 11 is 1.29. The van der Waals surface area contributed by atoms with Crippen LogP contribution in [0.1, 0.15) is 27.7 Å². The smallest absolute Gasteiger partial charge is 0.280 e. The lowest BCUT2D eigenvalue weighted by Crippen LogP contribution is -3.08. The van der Waals surface area contributed by atoms with Gasteiger partial charge in [-0.15, -0.1) is 11.3 Å². The number of aromatic carboxylic acids is 1. The van der Waals surface area contributed by atoms with Gasteiger partial charge < -0.3 is 20.1 Å². The van der Waals surface area contributed by atoms with Crippen LogP contribution in [0.4, 0.5) is 5.00 Å². The summed E-state index contributed by atoms with van der Waals surface area (Å²) in [5.41, 5.74) is 1.21. The number of benzene rings is 1. The molecule has 0 saturated carbocycles. The molecule has 1 amide bonds. The fourth-order valence-corrected chi connectivity index (χ4v) is 3.31. The zero-order valence-corrected chi connectivity index (χ0v) is 14.0. The number of carbonyl (C=O) groups excluding carboxylic acids is 2. The number of hydrogen-bond acceptors (Lipinski definition) is 4. The Labute approximate surface area is 139 Å². The first kappa shape index (κ1) is 17.2. The number of amides is 1. The first-order chi connectivity index (χ1) is 11.0. The Balaban J connectivity index is 1.96. The lowest BCUT2D eigenvalue weighted by molar-refractivity contribution is -0.885. The molecule has 23 heavy (non-hydrogen) atoms. The molecule has 2 N–H and O–H groups in total. The third-order valence-electron chi connectivity index (χ3n) is 3.42. The van der Waals surface area contributed by atoms with Crippen LogP contribution >= 0.6 is 11.3 Å². The van der Waals surface area contributed by atoms with Gasteiger partial charge in [0.25, 0.3) is 5.91 Å². The quantitative estimate of drug-likeness (QED) is 0.767. The van der Waals surface area contributed by atoms with Gasteiger partial charge in [0.15, 0.2) is 6.54 Å². The molecule has 1 unspecified atom stereocenters. The van der Waals surface area contributed by atoms with Crippen LogP contribution < -0.4 is 15.3 Å². The fraction of sp³-hybridized carbons (Fsp3) is 0.294. The number of likely N-dealkylation sites (N-methyl/N-ethyl adjacent to an activating group) is 1. The molecule has 0 aliphatic carbocycles. The van der Waals surface area contributed by atoms with Crippen LogP contribution in [0.2, 0.25) is 0 Å². The molecule has 5 nitrogen and oxygen atoms in total. The van der Waals surface area contributed by atoms with Crippen LogP contribution in [0.5, 0.6) is 0 Å². The highest BCUT2D eigenvalue weighted by atomic mass is 32.1. The second-order valence-electron chi connectivity index (χ2n) is 5.44. The van der Waals surface area contributed by atoms with Gasteiger partial charge in [0.05, 0.1) is 13.0 Å². The Morgan fingerprint density at radius 3 is 2.57 bits per heavy atom. The standard InChI is InChI=1S/C17H20N2O3S/c1-3-13-9-14(17(21)22)16(23-13)18-15(20)11-19(2)10-12-7-5-4-6-8-12/h4-9H,3,10-11H2,1-2H3,(H,18,20)(H,21,22). The van der Waals surface area contributed by atoms with Crippen LogP contribution in [-0.2, 0) is 17.8 Å². The van der Waals surface area contributed by atoms with Gasteiger partial charge >= 0.3 is 0 Å². The van der Waals surface area contributed by atoms with E-state index in [-0.39, 0.29) is 18.0 Å². The minimum atomic E-state index is -1.26.